The molecule has 6 nitrogen and oxygen atoms in total. The van der Waals surface area contributed by atoms with E-state index in [0.29, 0.717) is 38.1 Å². The average Bonchev–Trinajstić information content (AvgIpc) is 2.96. The summed E-state index contributed by atoms with van der Waals surface area (Å²) in [6, 6.07) is 6.57. The molecule has 2 fully saturated rings. The van der Waals surface area contributed by atoms with Crippen LogP contribution >= 0.6 is 0 Å². The van der Waals surface area contributed by atoms with Gasteiger partial charge in [-0.05, 0) is 30.7 Å². The van der Waals surface area contributed by atoms with E-state index in [-0.39, 0.29) is 5.82 Å². The zero-order valence-electron chi connectivity index (χ0n) is 15.2. The predicted molar refractivity (Wildman–Crippen MR) is 100 cm³/mol. The summed E-state index contributed by atoms with van der Waals surface area (Å²) in [6.07, 6.45) is 2.18. The van der Waals surface area contributed by atoms with Crippen LogP contribution < -0.4 is 14.7 Å². The van der Waals surface area contributed by atoms with Crippen molar-refractivity contribution in [2.75, 3.05) is 67.2 Å². The van der Waals surface area contributed by atoms with Gasteiger partial charge in [-0.1, -0.05) is 0 Å². The summed E-state index contributed by atoms with van der Waals surface area (Å²) in [5, 5.41) is 0. The Labute approximate surface area is 157 Å². The molecule has 0 saturated carbocycles. The molecule has 3 heterocycles. The van der Waals surface area contributed by atoms with Gasteiger partial charge in [0.2, 0.25) is 5.95 Å². The third-order valence-electron chi connectivity index (χ3n) is 4.99. The lowest BCUT2D eigenvalue weighted by molar-refractivity contribution is 0.122. The minimum absolute atomic E-state index is 0.231. The molecule has 0 atom stereocenters. The first-order chi connectivity index (χ1) is 13.2. The van der Waals surface area contributed by atoms with E-state index in [1.807, 2.05) is 4.90 Å². The fourth-order valence-corrected chi connectivity index (χ4v) is 3.53. The predicted octanol–water partition coefficient (Wildman–Crippen LogP) is 2.31. The van der Waals surface area contributed by atoms with Crippen LogP contribution in [0.1, 0.15) is 6.42 Å². The van der Waals surface area contributed by atoms with Gasteiger partial charge in [-0.3, -0.25) is 0 Å². The molecule has 0 aliphatic carbocycles. The quantitative estimate of drug-likeness (QED) is 0.820. The van der Waals surface area contributed by atoms with Crippen molar-refractivity contribution < 1.29 is 13.5 Å². The maximum Gasteiger partial charge on any atom is 0.227 e. The SMILES string of the molecule is Fc1ccc(N2CCCN(c3ncc(F)c(N4CCOCC4)n3)CC2)cc1. The molecule has 8 heteroatoms. The van der Waals surface area contributed by atoms with Gasteiger partial charge in [0.15, 0.2) is 11.6 Å². The number of halogens is 2. The van der Waals surface area contributed by atoms with Gasteiger partial charge in [-0.2, -0.15) is 4.98 Å². The van der Waals surface area contributed by atoms with Crippen LogP contribution in [0.4, 0.5) is 26.2 Å². The number of benzene rings is 1. The van der Waals surface area contributed by atoms with E-state index in [1.54, 1.807) is 12.1 Å². The van der Waals surface area contributed by atoms with Crippen molar-refractivity contribution in [3.8, 4) is 0 Å². The van der Waals surface area contributed by atoms with E-state index in [9.17, 15) is 8.78 Å². The number of ether oxygens (including phenoxy) is 1. The molecule has 2 aliphatic rings. The molecular formula is C19H23F2N5O. The van der Waals surface area contributed by atoms with Crippen molar-refractivity contribution in [2.24, 2.45) is 0 Å². The van der Waals surface area contributed by atoms with Gasteiger partial charge in [0.05, 0.1) is 19.4 Å². The normalized spacial score (nSPS) is 18.5. The molecule has 1 aromatic heterocycles. The number of hydrogen-bond acceptors (Lipinski definition) is 6. The highest BCUT2D eigenvalue weighted by molar-refractivity contribution is 5.48. The molecule has 2 aliphatic heterocycles. The minimum atomic E-state index is -0.400. The van der Waals surface area contributed by atoms with Gasteiger partial charge in [-0.15, -0.1) is 0 Å². The molecule has 2 saturated heterocycles. The second-order valence-corrected chi connectivity index (χ2v) is 6.75. The molecule has 0 bridgehead atoms. The molecule has 27 heavy (non-hydrogen) atoms. The Morgan fingerprint density at radius 2 is 1.52 bits per heavy atom. The van der Waals surface area contributed by atoms with E-state index >= 15 is 0 Å². The van der Waals surface area contributed by atoms with Crippen LogP contribution in [-0.4, -0.2) is 62.5 Å². The molecule has 144 valence electrons. The Balaban J connectivity index is 1.48. The first kappa shape index (κ1) is 17.9. The zero-order valence-corrected chi connectivity index (χ0v) is 15.2. The Morgan fingerprint density at radius 1 is 0.815 bits per heavy atom. The minimum Gasteiger partial charge on any atom is -0.378 e. The molecule has 1 aromatic carbocycles. The van der Waals surface area contributed by atoms with Crippen molar-refractivity contribution in [1.82, 2.24) is 9.97 Å². The fourth-order valence-electron chi connectivity index (χ4n) is 3.53. The topological polar surface area (TPSA) is 44.7 Å². The number of aromatic nitrogens is 2. The second-order valence-electron chi connectivity index (χ2n) is 6.75. The summed E-state index contributed by atoms with van der Waals surface area (Å²) in [6.45, 7) is 5.60. The molecular weight excluding hydrogens is 352 g/mol. The number of rotatable bonds is 3. The van der Waals surface area contributed by atoms with Crippen molar-refractivity contribution in [3.63, 3.8) is 0 Å². The van der Waals surface area contributed by atoms with Gasteiger partial charge in [-0.25, -0.2) is 13.8 Å². The first-order valence-corrected chi connectivity index (χ1v) is 9.31. The maximum absolute atomic E-state index is 14.3. The van der Waals surface area contributed by atoms with Crippen molar-refractivity contribution in [2.45, 2.75) is 6.42 Å². The smallest absolute Gasteiger partial charge is 0.227 e. The Kier molecular flexibility index (Phi) is 5.33. The molecule has 0 amide bonds. The lowest BCUT2D eigenvalue weighted by atomic mass is 10.2. The van der Waals surface area contributed by atoms with Crippen molar-refractivity contribution in [3.05, 3.63) is 42.1 Å². The Bertz CT molecular complexity index is 767. The second kappa shape index (κ2) is 8.04. The highest BCUT2D eigenvalue weighted by atomic mass is 19.1. The van der Waals surface area contributed by atoms with Crippen LogP contribution in [0.15, 0.2) is 30.5 Å². The van der Waals surface area contributed by atoms with E-state index < -0.39 is 5.82 Å². The fraction of sp³-hybridized carbons (Fsp3) is 0.474. The summed E-state index contributed by atoms with van der Waals surface area (Å²) in [5.41, 5.74) is 1.01. The van der Waals surface area contributed by atoms with Crippen LogP contribution in [0.25, 0.3) is 0 Å². The van der Waals surface area contributed by atoms with E-state index in [2.05, 4.69) is 19.8 Å². The largest absolute Gasteiger partial charge is 0.378 e. The standard InChI is InChI=1S/C19H23F2N5O/c20-15-2-4-16(5-3-15)24-6-1-7-26(9-8-24)19-22-14-17(21)18(23-19)25-10-12-27-13-11-25/h2-5,14H,1,6-13H2. The van der Waals surface area contributed by atoms with Crippen molar-refractivity contribution in [1.29, 1.82) is 0 Å². The first-order valence-electron chi connectivity index (χ1n) is 9.31. The van der Waals surface area contributed by atoms with Crippen LogP contribution in [-0.2, 0) is 4.74 Å². The number of hydrogen-bond donors (Lipinski definition) is 0. The van der Waals surface area contributed by atoms with Crippen LogP contribution in [0.2, 0.25) is 0 Å². The third-order valence-corrected chi connectivity index (χ3v) is 4.99. The van der Waals surface area contributed by atoms with Gasteiger partial charge in [0, 0.05) is 45.0 Å². The molecule has 0 N–H and O–H groups in total. The third kappa shape index (κ3) is 4.10. The van der Waals surface area contributed by atoms with Crippen LogP contribution in [0.3, 0.4) is 0 Å². The average molecular weight is 375 g/mol. The molecule has 0 unspecified atom stereocenters. The molecule has 2 aromatic rings. The molecule has 4 rings (SSSR count). The number of nitrogens with zero attached hydrogens (tertiary/aromatic N) is 5. The maximum atomic E-state index is 14.3. The highest BCUT2D eigenvalue weighted by Crippen LogP contribution is 2.22. The number of anilines is 3. The summed E-state index contributed by atoms with van der Waals surface area (Å²) in [7, 11) is 0. The lowest BCUT2D eigenvalue weighted by Gasteiger charge is -2.29. The molecule has 0 radical (unpaired) electrons. The summed E-state index contributed by atoms with van der Waals surface area (Å²) in [5.74, 6) is 0.274. The lowest BCUT2D eigenvalue weighted by Crippen LogP contribution is -2.38. The van der Waals surface area contributed by atoms with Crippen molar-refractivity contribution >= 4 is 17.5 Å². The van der Waals surface area contributed by atoms with Gasteiger partial charge in [0.25, 0.3) is 0 Å². The van der Waals surface area contributed by atoms with Crippen LogP contribution in [0.5, 0.6) is 0 Å². The highest BCUT2D eigenvalue weighted by Gasteiger charge is 2.22. The van der Waals surface area contributed by atoms with E-state index in [1.165, 1.54) is 18.3 Å². The van der Waals surface area contributed by atoms with E-state index in [0.717, 1.165) is 38.3 Å². The van der Waals surface area contributed by atoms with Crippen LogP contribution in [0, 0.1) is 11.6 Å². The summed E-state index contributed by atoms with van der Waals surface area (Å²) >= 11 is 0. The van der Waals surface area contributed by atoms with Gasteiger partial charge >= 0.3 is 0 Å². The Morgan fingerprint density at radius 3 is 2.30 bits per heavy atom. The summed E-state index contributed by atoms with van der Waals surface area (Å²) in [4.78, 5) is 15.0. The zero-order chi connectivity index (χ0) is 18.6. The van der Waals surface area contributed by atoms with Gasteiger partial charge < -0.3 is 19.4 Å². The Hall–Kier alpha value is -2.48. The van der Waals surface area contributed by atoms with E-state index in [4.69, 9.17) is 4.74 Å². The monoisotopic (exact) mass is 375 g/mol. The summed E-state index contributed by atoms with van der Waals surface area (Å²) < 4.78 is 32.7. The van der Waals surface area contributed by atoms with Gasteiger partial charge in [0.1, 0.15) is 5.82 Å². The molecule has 0 spiro atoms. The number of morpholine rings is 1.